The van der Waals surface area contributed by atoms with E-state index in [4.69, 9.17) is 4.11 Å². The lowest BCUT2D eigenvalue weighted by Crippen LogP contribution is -2.00. The molecule has 0 unspecified atom stereocenters. The summed E-state index contributed by atoms with van der Waals surface area (Å²) >= 11 is 0. The van der Waals surface area contributed by atoms with Crippen LogP contribution in [0, 0.1) is 0 Å². The van der Waals surface area contributed by atoms with Crippen LogP contribution in [-0.2, 0) is 4.74 Å². The van der Waals surface area contributed by atoms with Crippen molar-refractivity contribution in [2.75, 3.05) is 7.04 Å². The number of carbonyl (C=O) groups excluding carboxylic acids is 1. The average molecular weight is 155 g/mol. The van der Waals surface area contributed by atoms with Crippen LogP contribution < -0.4 is 0 Å². The molecule has 0 aliphatic carbocycles. The van der Waals surface area contributed by atoms with Gasteiger partial charge in [0.05, 0.1) is 11.2 Å². The van der Waals surface area contributed by atoms with Crippen LogP contribution in [0.1, 0.15) is 14.5 Å². The highest BCUT2D eigenvalue weighted by molar-refractivity contribution is 5.92. The fraction of sp³-hybridized carbons (Fsp3) is 0.125. The fourth-order valence-electron chi connectivity index (χ4n) is 0.701. The van der Waals surface area contributed by atoms with Gasteiger partial charge in [0, 0.05) is 0 Å². The maximum absolute atomic E-state index is 11.1. The van der Waals surface area contributed by atoms with Crippen LogP contribution in [0.5, 0.6) is 5.75 Å². The molecule has 0 spiro atoms. The summed E-state index contributed by atoms with van der Waals surface area (Å²) in [6, 6.07) is 5.57. The van der Waals surface area contributed by atoms with Crippen molar-refractivity contribution in [1.82, 2.24) is 0 Å². The van der Waals surface area contributed by atoms with Gasteiger partial charge >= 0.3 is 5.97 Å². The Hall–Kier alpha value is -1.51. The summed E-state index contributed by atoms with van der Waals surface area (Å²) in [6.07, 6.45) is 0. The highest BCUT2D eigenvalue weighted by Gasteiger charge is 2.08. The molecule has 1 aromatic rings. The number of ether oxygens (including phenoxy) is 1. The van der Waals surface area contributed by atoms with Gasteiger partial charge in [-0.1, -0.05) is 12.1 Å². The predicted molar refractivity (Wildman–Crippen MR) is 39.4 cm³/mol. The molecular weight excluding hydrogens is 144 g/mol. The van der Waals surface area contributed by atoms with Crippen molar-refractivity contribution in [2.45, 2.75) is 0 Å². The van der Waals surface area contributed by atoms with Crippen molar-refractivity contribution in [2.24, 2.45) is 0 Å². The van der Waals surface area contributed by atoms with Gasteiger partial charge in [-0.2, -0.15) is 0 Å². The monoisotopic (exact) mass is 155 g/mol. The van der Waals surface area contributed by atoms with Gasteiger partial charge < -0.3 is 9.84 Å². The number of esters is 1. The van der Waals surface area contributed by atoms with E-state index in [1.54, 1.807) is 0 Å². The molecule has 0 aliphatic heterocycles. The molecule has 1 N–H and O–H groups in total. The Kier molecular flexibility index (Phi) is 1.22. The molecule has 0 heterocycles. The number of benzene rings is 1. The highest BCUT2D eigenvalue weighted by atomic mass is 16.5. The molecule has 0 radical (unpaired) electrons. The maximum atomic E-state index is 11.1. The molecule has 0 aromatic heterocycles. The summed E-state index contributed by atoms with van der Waals surface area (Å²) < 4.78 is 24.2. The molecule has 0 amide bonds. The number of para-hydroxylation sites is 1. The molecule has 3 heteroatoms. The first-order chi connectivity index (χ1) is 6.40. The Morgan fingerprint density at radius 3 is 3.00 bits per heavy atom. The molecule has 3 nitrogen and oxygen atoms in total. The van der Waals surface area contributed by atoms with Gasteiger partial charge in [-0.3, -0.25) is 0 Å². The Morgan fingerprint density at radius 1 is 1.64 bits per heavy atom. The minimum absolute atomic E-state index is 0.163. The van der Waals surface area contributed by atoms with E-state index in [0.29, 0.717) is 0 Å². The van der Waals surface area contributed by atoms with E-state index in [-0.39, 0.29) is 11.3 Å². The standard InChI is InChI=1S/C8H8O3/c1-11-8(10)6-4-2-3-5-7(6)9/h2-5,9H,1H3/i1D3. The van der Waals surface area contributed by atoms with Gasteiger partial charge in [0.1, 0.15) is 11.3 Å². The van der Waals surface area contributed by atoms with Crippen molar-refractivity contribution in [3.8, 4) is 5.75 Å². The molecule has 11 heavy (non-hydrogen) atoms. The maximum Gasteiger partial charge on any atom is 0.341 e. The zero-order valence-corrected chi connectivity index (χ0v) is 5.57. The number of aromatic hydroxyl groups is 1. The molecule has 0 aliphatic rings. The molecule has 1 rings (SSSR count). The highest BCUT2D eigenvalue weighted by Crippen LogP contribution is 2.15. The first kappa shape index (κ1) is 4.38. The zero-order valence-electron chi connectivity index (χ0n) is 8.57. The van der Waals surface area contributed by atoms with Crippen LogP contribution in [0.15, 0.2) is 24.3 Å². The number of phenolic OH excluding ortho intramolecular Hbond substituents is 1. The van der Waals surface area contributed by atoms with Gasteiger partial charge in [0.25, 0.3) is 0 Å². The summed E-state index contributed by atoms with van der Waals surface area (Å²) in [4.78, 5) is 11.1. The molecule has 0 fully saturated rings. The smallest absolute Gasteiger partial charge is 0.341 e. The van der Waals surface area contributed by atoms with Crippen molar-refractivity contribution >= 4 is 5.97 Å². The van der Waals surface area contributed by atoms with E-state index in [1.165, 1.54) is 24.3 Å². The Bertz CT molecular complexity index is 346. The van der Waals surface area contributed by atoms with Crippen LogP contribution in [0.4, 0.5) is 0 Å². The number of methoxy groups -OCH3 is 1. The third-order valence-electron chi connectivity index (χ3n) is 1.22. The van der Waals surface area contributed by atoms with Crippen molar-refractivity contribution in [3.63, 3.8) is 0 Å². The predicted octanol–water partition coefficient (Wildman–Crippen LogP) is 1.18. The second-order valence-electron chi connectivity index (χ2n) is 1.91. The quantitative estimate of drug-likeness (QED) is 0.619. The van der Waals surface area contributed by atoms with Crippen LogP contribution in [0.3, 0.4) is 0 Å². The molecular formula is C8H8O3. The Labute approximate surface area is 68.4 Å². The SMILES string of the molecule is [2H]C([2H])([2H])OC(=O)c1ccccc1O. The first-order valence-corrected chi connectivity index (χ1v) is 2.91. The Balaban J connectivity index is 2.86. The van der Waals surface area contributed by atoms with E-state index in [2.05, 4.69) is 4.74 Å². The van der Waals surface area contributed by atoms with Crippen LogP contribution in [0.2, 0.25) is 0 Å². The summed E-state index contributed by atoms with van der Waals surface area (Å²) in [5.74, 6) is -1.37. The van der Waals surface area contributed by atoms with E-state index < -0.39 is 13.0 Å². The van der Waals surface area contributed by atoms with Gasteiger partial charge in [-0.25, -0.2) is 4.79 Å². The average Bonchev–Trinajstić information content (AvgIpc) is 2.01. The molecule has 1 aromatic carbocycles. The number of carbonyl (C=O) groups is 1. The summed E-state index contributed by atoms with van der Waals surface area (Å²) in [7, 11) is -2.79. The molecule has 0 saturated heterocycles. The van der Waals surface area contributed by atoms with E-state index in [0.717, 1.165) is 0 Å². The second-order valence-corrected chi connectivity index (χ2v) is 1.91. The van der Waals surface area contributed by atoms with Crippen LogP contribution in [-0.4, -0.2) is 18.1 Å². The lowest BCUT2D eigenvalue weighted by atomic mass is 10.2. The van der Waals surface area contributed by atoms with Crippen molar-refractivity contribution in [3.05, 3.63) is 29.8 Å². The van der Waals surface area contributed by atoms with Gasteiger partial charge in [-0.15, -0.1) is 0 Å². The normalized spacial score (nSPS) is 14.4. The Morgan fingerprint density at radius 2 is 2.36 bits per heavy atom. The first-order valence-electron chi connectivity index (χ1n) is 4.41. The second kappa shape index (κ2) is 3.05. The minimum atomic E-state index is -2.79. The van der Waals surface area contributed by atoms with Crippen LogP contribution in [0.25, 0.3) is 0 Å². The summed E-state index contributed by atoms with van der Waals surface area (Å²) in [5.41, 5.74) is -0.163. The fourth-order valence-corrected chi connectivity index (χ4v) is 0.701. The minimum Gasteiger partial charge on any atom is -0.507 e. The summed E-state index contributed by atoms with van der Waals surface area (Å²) in [5, 5.41) is 9.19. The number of hydrogen-bond acceptors (Lipinski definition) is 3. The van der Waals surface area contributed by atoms with E-state index in [9.17, 15) is 9.90 Å². The largest absolute Gasteiger partial charge is 0.507 e. The molecule has 0 bridgehead atoms. The third kappa shape index (κ3) is 1.49. The molecule has 58 valence electrons. The lowest BCUT2D eigenvalue weighted by molar-refractivity contribution is 0.0597. The number of phenols is 1. The van der Waals surface area contributed by atoms with Crippen molar-refractivity contribution in [1.29, 1.82) is 0 Å². The zero-order chi connectivity index (χ0) is 10.8. The topological polar surface area (TPSA) is 46.5 Å². The van der Waals surface area contributed by atoms with Crippen molar-refractivity contribution < 1.29 is 18.8 Å². The lowest BCUT2D eigenvalue weighted by Gasteiger charge is -1.99. The number of rotatable bonds is 1. The van der Waals surface area contributed by atoms with E-state index >= 15 is 0 Å². The molecule has 0 saturated carbocycles. The number of hydrogen-bond donors (Lipinski definition) is 1. The van der Waals surface area contributed by atoms with Gasteiger partial charge in [0.15, 0.2) is 0 Å². The third-order valence-corrected chi connectivity index (χ3v) is 1.22. The molecule has 0 atom stereocenters. The van der Waals surface area contributed by atoms with E-state index in [1.807, 2.05) is 0 Å². The summed E-state index contributed by atoms with van der Waals surface area (Å²) in [6.45, 7) is 0. The van der Waals surface area contributed by atoms with Gasteiger partial charge in [-0.05, 0) is 12.1 Å². The van der Waals surface area contributed by atoms with Crippen LogP contribution >= 0.6 is 0 Å². The van der Waals surface area contributed by atoms with Gasteiger partial charge in [0.2, 0.25) is 0 Å².